The van der Waals surface area contributed by atoms with E-state index in [1.807, 2.05) is 0 Å². The first kappa shape index (κ1) is 17.9. The molecule has 0 aliphatic carbocycles. The van der Waals surface area contributed by atoms with Crippen molar-refractivity contribution in [3.05, 3.63) is 34.9 Å². The van der Waals surface area contributed by atoms with Gasteiger partial charge in [0.2, 0.25) is 0 Å². The van der Waals surface area contributed by atoms with Crippen LogP contribution in [0.25, 0.3) is 0 Å². The van der Waals surface area contributed by atoms with Crippen LogP contribution >= 0.6 is 0 Å². The molecular formula is C15H20N2O5S-2. The molecule has 1 N–H and O–H groups in total. The maximum absolute atomic E-state index is 8.52. The average molecular weight is 340 g/mol. The molecule has 7 nitrogen and oxygen atoms in total. The van der Waals surface area contributed by atoms with Crippen LogP contribution in [0.15, 0.2) is 23.2 Å². The van der Waals surface area contributed by atoms with E-state index in [4.69, 9.17) is 22.3 Å². The zero-order valence-corrected chi connectivity index (χ0v) is 13.9. The summed E-state index contributed by atoms with van der Waals surface area (Å²) in [6, 6.07) is 6.49. The van der Waals surface area contributed by atoms with Gasteiger partial charge in [-0.05, 0) is 36.5 Å². The third kappa shape index (κ3) is 5.00. The van der Waals surface area contributed by atoms with Gasteiger partial charge in [-0.15, -0.1) is 0 Å². The van der Waals surface area contributed by atoms with Gasteiger partial charge in [0.05, 0.1) is 12.6 Å². The molecular weight excluding hydrogens is 320 g/mol. The Morgan fingerprint density at radius 3 is 2.65 bits per heavy atom. The van der Waals surface area contributed by atoms with Crippen molar-refractivity contribution in [3.8, 4) is 0 Å². The third-order valence-electron chi connectivity index (χ3n) is 3.89. The summed E-state index contributed by atoms with van der Waals surface area (Å²) in [5, 5.41) is 3.36. The van der Waals surface area contributed by atoms with Crippen LogP contribution < -0.4 is 5.32 Å². The zero-order chi connectivity index (χ0) is 17.0. The van der Waals surface area contributed by atoms with Crippen LogP contribution in [0.5, 0.6) is 0 Å². The lowest BCUT2D eigenvalue weighted by Gasteiger charge is -2.33. The third-order valence-corrected chi connectivity index (χ3v) is 3.89. The minimum absolute atomic E-state index is 0.0149. The van der Waals surface area contributed by atoms with E-state index in [9.17, 15) is 0 Å². The van der Waals surface area contributed by atoms with Crippen molar-refractivity contribution in [3.63, 3.8) is 0 Å². The van der Waals surface area contributed by atoms with E-state index >= 15 is 0 Å². The molecule has 2 atom stereocenters. The topological polar surface area (TPSA) is 114 Å². The molecule has 8 heteroatoms. The van der Waals surface area contributed by atoms with Gasteiger partial charge in [0.25, 0.3) is 0 Å². The van der Waals surface area contributed by atoms with Gasteiger partial charge >= 0.3 is 0 Å². The van der Waals surface area contributed by atoms with Gasteiger partial charge in [-0.1, -0.05) is 25.1 Å². The summed E-state index contributed by atoms with van der Waals surface area (Å²) in [4.78, 5) is 4.54. The molecule has 2 heterocycles. The Morgan fingerprint density at radius 2 is 2.09 bits per heavy atom. The summed E-state index contributed by atoms with van der Waals surface area (Å²) in [7, 11) is -5.17. The Morgan fingerprint density at radius 1 is 1.39 bits per heavy atom. The van der Waals surface area contributed by atoms with Gasteiger partial charge in [-0.2, -0.15) is 0 Å². The molecule has 0 fully saturated rings. The van der Waals surface area contributed by atoms with E-state index in [0.29, 0.717) is 6.10 Å². The summed E-state index contributed by atoms with van der Waals surface area (Å²) in [6.07, 6.45) is 2.41. The lowest BCUT2D eigenvalue weighted by Crippen LogP contribution is -2.35. The maximum Gasteiger partial charge on any atom is 0.140 e. The molecule has 1 aromatic rings. The van der Waals surface area contributed by atoms with Crippen molar-refractivity contribution in [2.45, 2.75) is 38.9 Å². The first-order valence-corrected chi connectivity index (χ1v) is 8.81. The molecule has 0 spiro atoms. The molecule has 2 aliphatic rings. The lowest BCUT2D eigenvalue weighted by atomic mass is 9.89. The van der Waals surface area contributed by atoms with E-state index < -0.39 is 10.4 Å². The number of ether oxygens (including phenoxy) is 1. The highest BCUT2D eigenvalue weighted by Gasteiger charge is 2.31. The average Bonchev–Trinajstić information content (AvgIpc) is 2.99. The van der Waals surface area contributed by atoms with Gasteiger partial charge in [-0.25, -0.2) is 0 Å². The molecule has 0 amide bonds. The minimum atomic E-state index is -5.17. The molecule has 0 radical (unpaired) electrons. The molecule has 1 aromatic carbocycles. The quantitative estimate of drug-likeness (QED) is 0.636. The van der Waals surface area contributed by atoms with Crippen LogP contribution in [0.2, 0.25) is 0 Å². The van der Waals surface area contributed by atoms with Crippen LogP contribution in [0.3, 0.4) is 0 Å². The molecule has 3 rings (SSSR count). The highest BCUT2D eigenvalue weighted by atomic mass is 32.3. The second-order valence-electron chi connectivity index (χ2n) is 5.50. The fourth-order valence-electron chi connectivity index (χ4n) is 2.84. The molecule has 1 unspecified atom stereocenters. The summed E-state index contributed by atoms with van der Waals surface area (Å²) < 4.78 is 40.3. The summed E-state index contributed by atoms with van der Waals surface area (Å²) in [5.74, 6) is 1.01. The van der Waals surface area contributed by atoms with Gasteiger partial charge in [0.15, 0.2) is 0 Å². The van der Waals surface area contributed by atoms with Crippen molar-refractivity contribution in [2.75, 3.05) is 13.1 Å². The first-order valence-electron chi connectivity index (χ1n) is 7.48. The monoisotopic (exact) mass is 340 g/mol. The molecule has 128 valence electrons. The number of hydrogen-bond donors (Lipinski definition) is 1. The highest BCUT2D eigenvalue weighted by molar-refractivity contribution is 7.79. The summed E-state index contributed by atoms with van der Waals surface area (Å²) in [5.41, 5.74) is 4.13. The Kier molecular flexibility index (Phi) is 5.74. The Hall–Kier alpha value is -1.48. The molecule has 2 aliphatic heterocycles. The van der Waals surface area contributed by atoms with Crippen LogP contribution in [0.1, 0.15) is 36.1 Å². The Bertz CT molecular complexity index is 679. The summed E-state index contributed by atoms with van der Waals surface area (Å²) in [6.45, 7) is 6.19. The second-order valence-corrected chi connectivity index (χ2v) is 6.31. The van der Waals surface area contributed by atoms with Crippen LogP contribution in [0, 0.1) is 6.92 Å². The number of benzene rings is 1. The number of hydrogen-bond acceptors (Lipinski definition) is 7. The largest absolute Gasteiger partial charge is 0.759 e. The molecule has 23 heavy (non-hydrogen) atoms. The van der Waals surface area contributed by atoms with Crippen molar-refractivity contribution in [1.29, 1.82) is 0 Å². The standard InChI is InChI=1S/C15H20N2O.H2O4S/c1-3-11-9-13-10(2)5-4-6-12(13)14(18-11)15-16-7-8-17-15;1-5(2,3)4/h4-6,11,14H,3,7-9H2,1-2H3,(H,16,17);(H2,1,2,3,4)/p-2/t11-,14?;/m1./s1. The number of aliphatic imine (C=N–C) groups is 1. The number of nitrogens with zero attached hydrogens (tertiary/aromatic N) is 1. The van der Waals surface area contributed by atoms with Crippen LogP contribution in [-0.2, 0) is 21.6 Å². The lowest BCUT2D eigenvalue weighted by molar-refractivity contribution is 0.00707. The Balaban J connectivity index is 0.000000338. The van der Waals surface area contributed by atoms with Crippen molar-refractivity contribution in [2.24, 2.45) is 4.99 Å². The van der Waals surface area contributed by atoms with Crippen molar-refractivity contribution in [1.82, 2.24) is 5.32 Å². The number of aryl methyl sites for hydroxylation is 1. The molecule has 0 saturated heterocycles. The fraction of sp³-hybridized carbons (Fsp3) is 0.533. The van der Waals surface area contributed by atoms with Gasteiger partial charge < -0.3 is 19.2 Å². The Labute approximate surface area is 136 Å². The van der Waals surface area contributed by atoms with E-state index in [1.54, 1.807) is 0 Å². The maximum atomic E-state index is 8.52. The minimum Gasteiger partial charge on any atom is -0.759 e. The summed E-state index contributed by atoms with van der Waals surface area (Å²) >= 11 is 0. The van der Waals surface area contributed by atoms with Crippen molar-refractivity contribution < 1.29 is 22.3 Å². The smallest absolute Gasteiger partial charge is 0.140 e. The normalized spacial score (nSPS) is 23.2. The fourth-order valence-corrected chi connectivity index (χ4v) is 2.84. The van der Waals surface area contributed by atoms with Crippen molar-refractivity contribution >= 4 is 16.2 Å². The van der Waals surface area contributed by atoms with Gasteiger partial charge in [-0.3, -0.25) is 13.4 Å². The number of fused-ring (bicyclic) bond motifs is 1. The van der Waals surface area contributed by atoms with Gasteiger partial charge in [0.1, 0.15) is 11.9 Å². The first-order chi connectivity index (χ1) is 10.8. The number of rotatable bonds is 2. The van der Waals surface area contributed by atoms with Crippen LogP contribution in [0.4, 0.5) is 0 Å². The SMILES string of the molecule is CC[C@@H]1Cc2c(C)cccc2C(C2=NCCN2)O1.O=S(=O)([O-])[O-]. The molecule has 0 saturated carbocycles. The zero-order valence-electron chi connectivity index (χ0n) is 13.1. The van der Waals surface area contributed by atoms with E-state index in [-0.39, 0.29) is 6.10 Å². The second kappa shape index (κ2) is 7.39. The van der Waals surface area contributed by atoms with Crippen LogP contribution in [-0.4, -0.2) is 42.6 Å². The number of amidine groups is 1. The molecule has 0 aromatic heterocycles. The molecule has 0 bridgehead atoms. The van der Waals surface area contributed by atoms with Gasteiger partial charge in [0, 0.05) is 16.9 Å². The number of nitrogens with one attached hydrogen (secondary N) is 1. The van der Waals surface area contributed by atoms with E-state index in [2.05, 4.69) is 42.4 Å². The predicted molar refractivity (Wildman–Crippen MR) is 83.6 cm³/mol. The highest BCUT2D eigenvalue weighted by Crippen LogP contribution is 2.34. The van der Waals surface area contributed by atoms with E-state index in [0.717, 1.165) is 31.8 Å². The predicted octanol–water partition coefficient (Wildman–Crippen LogP) is 1.05. The van der Waals surface area contributed by atoms with E-state index in [1.165, 1.54) is 16.7 Å².